The molecule has 1 aromatic heterocycles. The van der Waals surface area contributed by atoms with Gasteiger partial charge in [0.15, 0.2) is 0 Å². The number of aromatic nitrogens is 2. The van der Waals surface area contributed by atoms with Gasteiger partial charge in [-0.15, -0.1) is 0 Å². The zero-order chi connectivity index (χ0) is 13.8. The fourth-order valence-electron chi connectivity index (χ4n) is 2.04. The maximum atomic E-state index is 4.58. The van der Waals surface area contributed by atoms with E-state index in [2.05, 4.69) is 47.9 Å². The fourth-order valence-corrected chi connectivity index (χ4v) is 2.04. The van der Waals surface area contributed by atoms with Gasteiger partial charge in [-0.1, -0.05) is 13.8 Å². The number of anilines is 1. The van der Waals surface area contributed by atoms with E-state index < -0.39 is 0 Å². The van der Waals surface area contributed by atoms with Crippen molar-refractivity contribution in [2.75, 3.05) is 11.4 Å². The van der Waals surface area contributed by atoms with Crippen LogP contribution in [0.4, 0.5) is 5.82 Å². The Bertz CT molecular complexity index is 382. The van der Waals surface area contributed by atoms with Crippen LogP contribution in [0.5, 0.6) is 0 Å². The van der Waals surface area contributed by atoms with Crippen LogP contribution in [-0.2, 0) is 6.54 Å². The molecule has 1 aromatic rings. The van der Waals surface area contributed by atoms with Gasteiger partial charge in [0.05, 0.1) is 18.1 Å². The van der Waals surface area contributed by atoms with Crippen LogP contribution < -0.4 is 10.2 Å². The summed E-state index contributed by atoms with van der Waals surface area (Å²) in [6.45, 7) is 10.6. The molecule has 0 spiro atoms. The first kappa shape index (κ1) is 14.3. The van der Waals surface area contributed by atoms with Crippen LogP contribution in [0.15, 0.2) is 12.4 Å². The molecule has 0 radical (unpaired) electrons. The van der Waals surface area contributed by atoms with Crippen LogP contribution in [0.1, 0.15) is 46.2 Å². The summed E-state index contributed by atoms with van der Waals surface area (Å²) in [5, 5.41) is 3.36. The SMILES string of the molecule is CC(C)NCc1cnc(N(CC2CC2)C(C)C)cn1. The molecule has 0 saturated heterocycles. The van der Waals surface area contributed by atoms with E-state index in [0.29, 0.717) is 12.1 Å². The van der Waals surface area contributed by atoms with E-state index in [0.717, 1.165) is 30.5 Å². The van der Waals surface area contributed by atoms with Crippen molar-refractivity contribution < 1.29 is 0 Å². The zero-order valence-corrected chi connectivity index (χ0v) is 12.6. The molecule has 106 valence electrons. The fraction of sp³-hybridized carbons (Fsp3) is 0.733. The van der Waals surface area contributed by atoms with Crippen LogP contribution in [0.2, 0.25) is 0 Å². The van der Waals surface area contributed by atoms with Crippen LogP contribution in [-0.4, -0.2) is 28.6 Å². The van der Waals surface area contributed by atoms with Crippen molar-refractivity contribution in [1.29, 1.82) is 0 Å². The van der Waals surface area contributed by atoms with Gasteiger partial charge in [0.1, 0.15) is 5.82 Å². The molecule has 1 aliphatic rings. The van der Waals surface area contributed by atoms with Crippen molar-refractivity contribution in [3.8, 4) is 0 Å². The highest BCUT2D eigenvalue weighted by atomic mass is 15.2. The van der Waals surface area contributed by atoms with Gasteiger partial charge in [0, 0.05) is 25.2 Å². The summed E-state index contributed by atoms with van der Waals surface area (Å²) in [7, 11) is 0. The van der Waals surface area contributed by atoms with E-state index in [4.69, 9.17) is 0 Å². The van der Waals surface area contributed by atoms with Gasteiger partial charge in [-0.3, -0.25) is 4.98 Å². The minimum Gasteiger partial charge on any atom is -0.353 e. The van der Waals surface area contributed by atoms with Crippen LogP contribution in [0.3, 0.4) is 0 Å². The van der Waals surface area contributed by atoms with Crippen LogP contribution >= 0.6 is 0 Å². The zero-order valence-electron chi connectivity index (χ0n) is 12.6. The van der Waals surface area contributed by atoms with Crippen molar-refractivity contribution in [2.45, 2.75) is 59.2 Å². The number of hydrogen-bond donors (Lipinski definition) is 1. The standard InChI is InChI=1S/C15H26N4/c1-11(2)16-7-14-8-18-15(9-17-14)19(12(3)4)10-13-5-6-13/h8-9,11-13,16H,5-7,10H2,1-4H3. The minimum atomic E-state index is 0.475. The molecule has 0 atom stereocenters. The van der Waals surface area contributed by atoms with Crippen LogP contribution in [0, 0.1) is 5.92 Å². The Morgan fingerprint density at radius 2 is 1.95 bits per heavy atom. The van der Waals surface area contributed by atoms with E-state index in [1.807, 2.05) is 12.4 Å². The van der Waals surface area contributed by atoms with E-state index in [1.54, 1.807) is 0 Å². The molecule has 4 nitrogen and oxygen atoms in total. The second-order valence-corrected chi connectivity index (χ2v) is 6.09. The molecule has 1 N–H and O–H groups in total. The predicted molar refractivity (Wildman–Crippen MR) is 79.2 cm³/mol. The number of nitrogens with zero attached hydrogens (tertiary/aromatic N) is 3. The molecule has 1 fully saturated rings. The third kappa shape index (κ3) is 4.46. The summed E-state index contributed by atoms with van der Waals surface area (Å²) in [5.41, 5.74) is 1.01. The highest BCUT2D eigenvalue weighted by Gasteiger charge is 2.26. The Hall–Kier alpha value is -1.16. The highest BCUT2D eigenvalue weighted by Crippen LogP contribution is 2.31. The second kappa shape index (κ2) is 6.33. The first-order valence-electron chi connectivity index (χ1n) is 7.37. The van der Waals surface area contributed by atoms with Crippen molar-refractivity contribution in [3.05, 3.63) is 18.1 Å². The largest absolute Gasteiger partial charge is 0.353 e. The van der Waals surface area contributed by atoms with Gasteiger partial charge in [-0.2, -0.15) is 0 Å². The maximum absolute atomic E-state index is 4.58. The van der Waals surface area contributed by atoms with Crippen molar-refractivity contribution >= 4 is 5.82 Å². The normalized spacial score (nSPS) is 15.3. The van der Waals surface area contributed by atoms with E-state index >= 15 is 0 Å². The summed E-state index contributed by atoms with van der Waals surface area (Å²) < 4.78 is 0. The Labute approximate surface area is 116 Å². The average Bonchev–Trinajstić information content (AvgIpc) is 3.18. The van der Waals surface area contributed by atoms with Gasteiger partial charge in [0.25, 0.3) is 0 Å². The van der Waals surface area contributed by atoms with Crippen molar-refractivity contribution in [2.24, 2.45) is 5.92 Å². The smallest absolute Gasteiger partial charge is 0.147 e. The first-order chi connectivity index (χ1) is 9.06. The Balaban J connectivity index is 1.98. The van der Waals surface area contributed by atoms with Crippen molar-refractivity contribution in [3.63, 3.8) is 0 Å². The van der Waals surface area contributed by atoms with Gasteiger partial charge in [-0.25, -0.2) is 4.98 Å². The van der Waals surface area contributed by atoms with E-state index in [1.165, 1.54) is 12.8 Å². The van der Waals surface area contributed by atoms with Gasteiger partial charge in [-0.05, 0) is 32.6 Å². The third-order valence-corrected chi connectivity index (χ3v) is 3.45. The summed E-state index contributed by atoms with van der Waals surface area (Å²) in [4.78, 5) is 11.5. The lowest BCUT2D eigenvalue weighted by atomic mass is 10.2. The summed E-state index contributed by atoms with van der Waals surface area (Å²) in [6, 6.07) is 0.957. The Morgan fingerprint density at radius 3 is 2.42 bits per heavy atom. The summed E-state index contributed by atoms with van der Waals surface area (Å²) in [6.07, 6.45) is 6.55. The molecular weight excluding hydrogens is 236 g/mol. The Kier molecular flexibility index (Phi) is 4.75. The summed E-state index contributed by atoms with van der Waals surface area (Å²) in [5.74, 6) is 1.88. The number of nitrogens with one attached hydrogen (secondary N) is 1. The number of hydrogen-bond acceptors (Lipinski definition) is 4. The first-order valence-corrected chi connectivity index (χ1v) is 7.37. The average molecular weight is 262 g/mol. The molecule has 0 unspecified atom stereocenters. The molecule has 1 aliphatic carbocycles. The maximum Gasteiger partial charge on any atom is 0.147 e. The molecule has 4 heteroatoms. The lowest BCUT2D eigenvalue weighted by Gasteiger charge is -2.27. The molecular formula is C15H26N4. The quantitative estimate of drug-likeness (QED) is 0.820. The second-order valence-electron chi connectivity index (χ2n) is 6.09. The lowest BCUT2D eigenvalue weighted by molar-refractivity contribution is 0.579. The van der Waals surface area contributed by atoms with Gasteiger partial charge < -0.3 is 10.2 Å². The molecule has 1 heterocycles. The van der Waals surface area contributed by atoms with Crippen molar-refractivity contribution in [1.82, 2.24) is 15.3 Å². The minimum absolute atomic E-state index is 0.475. The topological polar surface area (TPSA) is 41.1 Å². The van der Waals surface area contributed by atoms with Gasteiger partial charge >= 0.3 is 0 Å². The monoisotopic (exact) mass is 262 g/mol. The molecule has 0 aromatic carbocycles. The number of rotatable bonds is 7. The summed E-state index contributed by atoms with van der Waals surface area (Å²) >= 11 is 0. The Morgan fingerprint density at radius 1 is 1.21 bits per heavy atom. The third-order valence-electron chi connectivity index (χ3n) is 3.45. The van der Waals surface area contributed by atoms with E-state index in [9.17, 15) is 0 Å². The van der Waals surface area contributed by atoms with E-state index in [-0.39, 0.29) is 0 Å². The van der Waals surface area contributed by atoms with Crippen LogP contribution in [0.25, 0.3) is 0 Å². The highest BCUT2D eigenvalue weighted by molar-refractivity contribution is 5.37. The lowest BCUT2D eigenvalue weighted by Crippen LogP contribution is -2.33. The molecule has 0 aliphatic heterocycles. The molecule has 0 bridgehead atoms. The van der Waals surface area contributed by atoms with Gasteiger partial charge in [0.2, 0.25) is 0 Å². The molecule has 1 saturated carbocycles. The molecule has 2 rings (SSSR count). The molecule has 19 heavy (non-hydrogen) atoms. The predicted octanol–water partition coefficient (Wildman–Crippen LogP) is 2.60. The molecule has 0 amide bonds.